The second kappa shape index (κ2) is 6.54. The molecule has 1 atom stereocenters. The van der Waals surface area contributed by atoms with Crippen LogP contribution in [0, 0.1) is 5.82 Å². The molecule has 0 saturated carbocycles. The highest BCUT2D eigenvalue weighted by Crippen LogP contribution is 2.37. The predicted octanol–water partition coefficient (Wildman–Crippen LogP) is 4.80. The summed E-state index contributed by atoms with van der Waals surface area (Å²) in [6.45, 7) is 0.694. The minimum atomic E-state index is -0.323. The summed E-state index contributed by atoms with van der Waals surface area (Å²) in [5, 5.41) is 0. The van der Waals surface area contributed by atoms with Crippen LogP contribution in [0.1, 0.15) is 28.4 Å². The van der Waals surface area contributed by atoms with Crippen molar-refractivity contribution < 1.29 is 4.39 Å². The van der Waals surface area contributed by atoms with E-state index in [-0.39, 0.29) is 12.0 Å². The van der Waals surface area contributed by atoms with Gasteiger partial charge in [0.2, 0.25) is 0 Å². The molecule has 1 aliphatic rings. The summed E-state index contributed by atoms with van der Waals surface area (Å²) in [5.74, 6) is -0.244. The lowest BCUT2D eigenvalue weighted by molar-refractivity contribution is 0.294. The van der Waals surface area contributed by atoms with Gasteiger partial charge in [-0.15, -0.1) is 0 Å². The number of fused-ring (bicyclic) bond motifs is 1. The van der Waals surface area contributed by atoms with Crippen LogP contribution in [0.15, 0.2) is 78.9 Å². The molecule has 25 heavy (non-hydrogen) atoms. The molecule has 0 saturated heterocycles. The number of nitrogens with zero attached hydrogens (tertiary/aromatic N) is 1. The Morgan fingerprint density at radius 3 is 2.28 bits per heavy atom. The van der Waals surface area contributed by atoms with Crippen LogP contribution in [-0.4, -0.2) is 4.90 Å². The van der Waals surface area contributed by atoms with E-state index >= 15 is 0 Å². The van der Waals surface area contributed by atoms with Crippen LogP contribution in [0.2, 0.25) is 0 Å². The van der Waals surface area contributed by atoms with Gasteiger partial charge in [0.05, 0.1) is 0 Å². The van der Waals surface area contributed by atoms with Crippen molar-refractivity contribution in [2.75, 3.05) is 0 Å². The molecule has 1 aliphatic heterocycles. The maximum absolute atomic E-state index is 13.7. The molecule has 4 rings (SSSR count). The number of hydrogen-bond acceptors (Lipinski definition) is 2. The Kier molecular flexibility index (Phi) is 4.08. The Hall–Kier alpha value is -2.91. The van der Waals surface area contributed by atoms with E-state index in [4.69, 9.17) is 5.73 Å². The van der Waals surface area contributed by atoms with Crippen molar-refractivity contribution >= 4 is 11.8 Å². The summed E-state index contributed by atoms with van der Waals surface area (Å²) in [5.41, 5.74) is 11.6. The Morgan fingerprint density at radius 2 is 1.56 bits per heavy atom. The van der Waals surface area contributed by atoms with Gasteiger partial charge in [0, 0.05) is 12.2 Å². The van der Waals surface area contributed by atoms with Gasteiger partial charge in [0.1, 0.15) is 12.0 Å². The molecule has 1 unspecified atom stereocenters. The lowest BCUT2D eigenvalue weighted by Gasteiger charge is -2.37. The van der Waals surface area contributed by atoms with Gasteiger partial charge in [-0.05, 0) is 40.5 Å². The zero-order valence-corrected chi connectivity index (χ0v) is 13.8. The molecule has 0 bridgehead atoms. The third kappa shape index (κ3) is 3.06. The molecule has 0 fully saturated rings. The zero-order chi connectivity index (χ0) is 17.2. The van der Waals surface area contributed by atoms with Gasteiger partial charge in [-0.1, -0.05) is 66.7 Å². The van der Waals surface area contributed by atoms with Crippen molar-refractivity contribution in [3.63, 3.8) is 0 Å². The van der Waals surface area contributed by atoms with E-state index < -0.39 is 0 Å². The molecule has 2 N–H and O–H groups in total. The maximum Gasteiger partial charge on any atom is 0.123 e. The average molecular weight is 330 g/mol. The summed E-state index contributed by atoms with van der Waals surface area (Å²) < 4.78 is 13.7. The molecule has 124 valence electrons. The molecule has 1 heterocycles. The van der Waals surface area contributed by atoms with Crippen LogP contribution in [-0.2, 0) is 6.54 Å². The molecule has 0 aromatic heterocycles. The lowest BCUT2D eigenvalue weighted by Crippen LogP contribution is -2.35. The molecule has 0 radical (unpaired) electrons. The van der Waals surface area contributed by atoms with E-state index in [1.165, 1.54) is 11.6 Å². The van der Waals surface area contributed by atoms with Crippen LogP contribution in [0.4, 0.5) is 4.39 Å². The van der Waals surface area contributed by atoms with Gasteiger partial charge < -0.3 is 10.6 Å². The minimum Gasteiger partial charge on any atom is -0.347 e. The van der Waals surface area contributed by atoms with E-state index in [0.717, 1.165) is 22.4 Å². The zero-order valence-electron chi connectivity index (χ0n) is 13.8. The van der Waals surface area contributed by atoms with E-state index in [9.17, 15) is 4.39 Å². The second-order valence-electron chi connectivity index (χ2n) is 6.23. The third-order valence-corrected chi connectivity index (χ3v) is 4.57. The van der Waals surface area contributed by atoms with Crippen molar-refractivity contribution in [2.24, 2.45) is 5.73 Å². The summed E-state index contributed by atoms with van der Waals surface area (Å²) in [6, 6.07) is 25.2. The van der Waals surface area contributed by atoms with E-state index in [1.54, 1.807) is 12.1 Å². The van der Waals surface area contributed by atoms with Gasteiger partial charge >= 0.3 is 0 Å². The molecule has 0 spiro atoms. The van der Waals surface area contributed by atoms with Gasteiger partial charge in [0.25, 0.3) is 0 Å². The first-order valence-electron chi connectivity index (χ1n) is 8.35. The van der Waals surface area contributed by atoms with Crippen molar-refractivity contribution in [3.05, 3.63) is 107 Å². The van der Waals surface area contributed by atoms with Crippen molar-refractivity contribution in [2.45, 2.75) is 12.7 Å². The first-order chi connectivity index (χ1) is 12.2. The number of benzene rings is 3. The average Bonchev–Trinajstić information content (AvgIpc) is 2.65. The highest BCUT2D eigenvalue weighted by molar-refractivity contribution is 5.83. The lowest BCUT2D eigenvalue weighted by atomic mass is 9.95. The van der Waals surface area contributed by atoms with Crippen molar-refractivity contribution in [3.8, 4) is 0 Å². The monoisotopic (exact) mass is 330 g/mol. The fourth-order valence-electron chi connectivity index (χ4n) is 3.31. The van der Waals surface area contributed by atoms with Gasteiger partial charge in [-0.3, -0.25) is 0 Å². The highest BCUT2D eigenvalue weighted by Gasteiger charge is 2.26. The number of hydrogen-bond donors (Lipinski definition) is 1. The molecular weight excluding hydrogens is 311 g/mol. The summed E-state index contributed by atoms with van der Waals surface area (Å²) in [7, 11) is 0. The molecule has 3 aromatic carbocycles. The second-order valence-corrected chi connectivity index (χ2v) is 6.23. The molecular formula is C22H19FN2. The molecule has 3 heteroatoms. The van der Waals surface area contributed by atoms with Crippen LogP contribution in [0.5, 0.6) is 0 Å². The van der Waals surface area contributed by atoms with Gasteiger partial charge in [-0.2, -0.15) is 0 Å². The summed E-state index contributed by atoms with van der Waals surface area (Å²) >= 11 is 0. The topological polar surface area (TPSA) is 29.3 Å². The Labute approximate surface area is 147 Å². The quantitative estimate of drug-likeness (QED) is 0.747. The van der Waals surface area contributed by atoms with E-state index in [0.29, 0.717) is 6.54 Å². The van der Waals surface area contributed by atoms with Crippen LogP contribution in [0.25, 0.3) is 11.8 Å². The predicted molar refractivity (Wildman–Crippen MR) is 99.6 cm³/mol. The van der Waals surface area contributed by atoms with Crippen molar-refractivity contribution in [1.29, 1.82) is 0 Å². The summed E-state index contributed by atoms with van der Waals surface area (Å²) in [4.78, 5) is 2.17. The fourth-order valence-corrected chi connectivity index (χ4v) is 3.31. The van der Waals surface area contributed by atoms with Crippen LogP contribution in [0.3, 0.4) is 0 Å². The van der Waals surface area contributed by atoms with Gasteiger partial charge in [0.15, 0.2) is 0 Å². The first-order valence-corrected chi connectivity index (χ1v) is 8.35. The molecule has 0 amide bonds. The highest BCUT2D eigenvalue weighted by atomic mass is 19.1. The SMILES string of the molecule is NC1c2ccc(F)cc2C=C(c2ccccc2)N1Cc1ccccc1. The Balaban J connectivity index is 1.82. The summed E-state index contributed by atoms with van der Waals surface area (Å²) in [6.07, 6.45) is 1.70. The smallest absolute Gasteiger partial charge is 0.123 e. The van der Waals surface area contributed by atoms with E-state index in [1.807, 2.05) is 42.5 Å². The fraction of sp³-hybridized carbons (Fsp3) is 0.0909. The Morgan fingerprint density at radius 1 is 0.880 bits per heavy atom. The Bertz CT molecular complexity index is 904. The van der Waals surface area contributed by atoms with Gasteiger partial charge in [-0.25, -0.2) is 4.39 Å². The molecule has 0 aliphatic carbocycles. The standard InChI is InChI=1S/C22H19FN2/c23-19-11-12-20-18(13-19)14-21(17-9-5-2-6-10-17)25(22(20)24)15-16-7-3-1-4-8-16/h1-14,22H,15,24H2. The number of rotatable bonds is 3. The normalized spacial score (nSPS) is 16.3. The minimum absolute atomic E-state index is 0.244. The molecule has 2 nitrogen and oxygen atoms in total. The maximum atomic E-state index is 13.7. The third-order valence-electron chi connectivity index (χ3n) is 4.57. The van der Waals surface area contributed by atoms with Crippen molar-refractivity contribution in [1.82, 2.24) is 4.90 Å². The largest absolute Gasteiger partial charge is 0.347 e. The number of halogens is 1. The molecule has 3 aromatic rings. The van der Waals surface area contributed by atoms with Crippen LogP contribution >= 0.6 is 0 Å². The first kappa shape index (κ1) is 15.6. The van der Waals surface area contributed by atoms with Crippen LogP contribution < -0.4 is 5.73 Å². The number of nitrogens with two attached hydrogens (primary N) is 1. The van der Waals surface area contributed by atoms with E-state index in [2.05, 4.69) is 29.2 Å².